The van der Waals surface area contributed by atoms with Crippen molar-refractivity contribution in [3.8, 4) is 0 Å². The van der Waals surface area contributed by atoms with Crippen LogP contribution >= 0.6 is 7.82 Å². The third-order valence-corrected chi connectivity index (χ3v) is 13.0. The molecule has 1 unspecified atom stereocenters. The van der Waals surface area contributed by atoms with Gasteiger partial charge in [-0.05, 0) is 38.5 Å². The van der Waals surface area contributed by atoms with Crippen LogP contribution in [0.15, 0.2) is 12.2 Å². The number of rotatable bonds is 50. The zero-order valence-corrected chi connectivity index (χ0v) is 43.2. The van der Waals surface area contributed by atoms with Gasteiger partial charge in [0, 0.05) is 12.8 Å². The lowest BCUT2D eigenvalue weighted by molar-refractivity contribution is -0.870. The monoisotopic (exact) mass is 914 g/mol. The van der Waals surface area contributed by atoms with Gasteiger partial charge in [-0.15, -0.1) is 0 Å². The maximum Gasteiger partial charge on any atom is 0.306 e. The SMILES string of the molecule is CCCCCCCC/C=C/CCCCCCCCCCCC(=O)O[C@H](COC(=O)CCCCCCCCCCCCCCCCCCCCCC)COP(=O)([O-])OCC[N+](C)(C)C. The average Bonchev–Trinajstić information content (AvgIpc) is 3.24. The minimum atomic E-state index is -4.63. The molecule has 0 heterocycles. The van der Waals surface area contributed by atoms with E-state index in [0.717, 1.165) is 38.5 Å². The molecule has 0 rings (SSSR count). The van der Waals surface area contributed by atoms with Crippen LogP contribution in [0, 0.1) is 0 Å². The minimum Gasteiger partial charge on any atom is -0.756 e. The average molecular weight is 914 g/mol. The van der Waals surface area contributed by atoms with Crippen molar-refractivity contribution >= 4 is 19.8 Å². The number of ether oxygens (including phenoxy) is 2. The fourth-order valence-corrected chi connectivity index (χ4v) is 8.56. The molecule has 0 saturated heterocycles. The van der Waals surface area contributed by atoms with Crippen LogP contribution in [0.2, 0.25) is 0 Å². The van der Waals surface area contributed by atoms with E-state index in [2.05, 4.69) is 26.0 Å². The first kappa shape index (κ1) is 61.8. The summed E-state index contributed by atoms with van der Waals surface area (Å²) in [5, 5.41) is 0. The molecule has 0 spiro atoms. The topological polar surface area (TPSA) is 111 Å². The van der Waals surface area contributed by atoms with Crippen molar-refractivity contribution in [2.75, 3.05) is 47.5 Å². The van der Waals surface area contributed by atoms with E-state index in [1.807, 2.05) is 21.1 Å². The predicted molar refractivity (Wildman–Crippen MR) is 264 cm³/mol. The Kier molecular flexibility index (Phi) is 45.0. The summed E-state index contributed by atoms with van der Waals surface area (Å²) in [5.74, 6) is -0.819. The molecule has 2 atom stereocenters. The quantitative estimate of drug-likeness (QED) is 0.0195. The van der Waals surface area contributed by atoms with Crippen molar-refractivity contribution in [2.45, 2.75) is 270 Å². The fourth-order valence-electron chi connectivity index (χ4n) is 7.83. The number of carbonyl (C=O) groups is 2. The number of allylic oxidation sites excluding steroid dienone is 2. The summed E-state index contributed by atoms with van der Waals surface area (Å²) in [6, 6.07) is 0. The highest BCUT2D eigenvalue weighted by Gasteiger charge is 2.21. The number of unbranched alkanes of at least 4 members (excludes halogenated alkanes) is 34. The van der Waals surface area contributed by atoms with E-state index in [1.165, 1.54) is 193 Å². The zero-order chi connectivity index (χ0) is 46.4. The van der Waals surface area contributed by atoms with Gasteiger partial charge >= 0.3 is 11.9 Å². The lowest BCUT2D eigenvalue weighted by atomic mass is 10.0. The Morgan fingerprint density at radius 3 is 1.17 bits per heavy atom. The van der Waals surface area contributed by atoms with Gasteiger partial charge in [-0.2, -0.15) is 0 Å². The van der Waals surface area contributed by atoms with E-state index in [0.29, 0.717) is 17.4 Å². The Labute approximate surface area is 390 Å². The number of esters is 2. The first-order chi connectivity index (χ1) is 30.5. The second-order valence-electron chi connectivity index (χ2n) is 19.6. The first-order valence-electron chi connectivity index (χ1n) is 26.9. The molecule has 63 heavy (non-hydrogen) atoms. The summed E-state index contributed by atoms with van der Waals surface area (Å²) in [5.41, 5.74) is 0. The number of hydrogen-bond acceptors (Lipinski definition) is 8. The molecule has 0 bridgehead atoms. The Morgan fingerprint density at radius 1 is 0.476 bits per heavy atom. The molecule has 0 aliphatic carbocycles. The molecule has 0 aromatic heterocycles. The summed E-state index contributed by atoms with van der Waals surface area (Å²) in [7, 11) is 1.18. The molecule has 0 N–H and O–H groups in total. The Morgan fingerprint density at radius 2 is 0.810 bits per heavy atom. The van der Waals surface area contributed by atoms with Gasteiger partial charge in [-0.1, -0.05) is 225 Å². The van der Waals surface area contributed by atoms with Crippen molar-refractivity contribution in [2.24, 2.45) is 0 Å². The van der Waals surface area contributed by atoms with E-state index in [9.17, 15) is 19.0 Å². The van der Waals surface area contributed by atoms with Crippen LogP contribution in [0.3, 0.4) is 0 Å². The Hall–Kier alpha value is -1.25. The highest BCUT2D eigenvalue weighted by molar-refractivity contribution is 7.45. The lowest BCUT2D eigenvalue weighted by Crippen LogP contribution is -2.37. The van der Waals surface area contributed by atoms with Crippen LogP contribution in [0.25, 0.3) is 0 Å². The third kappa shape index (κ3) is 50.0. The molecule has 9 nitrogen and oxygen atoms in total. The van der Waals surface area contributed by atoms with Gasteiger partial charge in [0.15, 0.2) is 6.10 Å². The van der Waals surface area contributed by atoms with Gasteiger partial charge in [0.25, 0.3) is 7.82 Å². The Balaban J connectivity index is 4.19. The highest BCUT2D eigenvalue weighted by atomic mass is 31.2. The zero-order valence-electron chi connectivity index (χ0n) is 42.3. The van der Waals surface area contributed by atoms with Crippen LogP contribution in [-0.2, 0) is 32.7 Å². The molecule has 0 aromatic rings. The van der Waals surface area contributed by atoms with Gasteiger partial charge < -0.3 is 27.9 Å². The number of phosphoric ester groups is 1. The number of nitrogens with zero attached hydrogens (tertiary/aromatic N) is 1. The van der Waals surface area contributed by atoms with E-state index < -0.39 is 26.5 Å². The Bertz CT molecular complexity index is 1080. The fraction of sp³-hybridized carbons (Fsp3) is 0.925. The second-order valence-corrected chi connectivity index (χ2v) is 21.0. The number of phosphoric acid groups is 1. The standard InChI is InChI=1S/C53H104NO8P/c1-6-8-10-12-14-16-18-20-22-24-26-28-29-31-33-35-37-39-41-43-45-52(55)59-49-51(50-61-63(57,58)60-48-47-54(3,4)5)62-53(56)46-44-42-40-38-36-34-32-30-27-25-23-21-19-17-15-13-11-9-7-2/h21,23,51H,6-20,22,24-50H2,1-5H3/b23-21+/t51-/m1/s1. The number of quaternary nitrogens is 1. The maximum atomic E-state index is 12.8. The van der Waals surface area contributed by atoms with Gasteiger partial charge in [0.05, 0.1) is 27.7 Å². The highest BCUT2D eigenvalue weighted by Crippen LogP contribution is 2.38. The smallest absolute Gasteiger partial charge is 0.306 e. The molecule has 0 aromatic carbocycles. The van der Waals surface area contributed by atoms with Crippen molar-refractivity contribution in [1.29, 1.82) is 0 Å². The second kappa shape index (κ2) is 45.9. The third-order valence-electron chi connectivity index (χ3n) is 12.0. The lowest BCUT2D eigenvalue weighted by Gasteiger charge is -2.28. The van der Waals surface area contributed by atoms with Crippen molar-refractivity contribution < 1.29 is 42.1 Å². The summed E-state index contributed by atoms with van der Waals surface area (Å²) in [6.45, 7) is 4.28. The molecule has 0 aliphatic heterocycles. The maximum absolute atomic E-state index is 12.8. The first-order valence-corrected chi connectivity index (χ1v) is 28.4. The van der Waals surface area contributed by atoms with Crippen LogP contribution in [0.4, 0.5) is 0 Å². The molecule has 0 radical (unpaired) electrons. The number of likely N-dealkylation sites (N-methyl/N-ethyl adjacent to an activating group) is 1. The molecule has 0 fully saturated rings. The summed E-state index contributed by atoms with van der Waals surface area (Å²) in [4.78, 5) is 37.8. The normalized spacial score (nSPS) is 13.4. The summed E-state index contributed by atoms with van der Waals surface area (Å²) < 4.78 is 34.1. The van der Waals surface area contributed by atoms with Crippen LogP contribution in [0.5, 0.6) is 0 Å². The molecule has 10 heteroatoms. The van der Waals surface area contributed by atoms with Gasteiger partial charge in [0.1, 0.15) is 19.8 Å². The van der Waals surface area contributed by atoms with Crippen LogP contribution in [0.1, 0.15) is 264 Å². The van der Waals surface area contributed by atoms with Gasteiger partial charge in [-0.3, -0.25) is 14.2 Å². The van der Waals surface area contributed by atoms with Crippen LogP contribution < -0.4 is 4.89 Å². The van der Waals surface area contributed by atoms with Crippen molar-refractivity contribution in [3.63, 3.8) is 0 Å². The molecule has 0 amide bonds. The predicted octanol–water partition coefficient (Wildman–Crippen LogP) is 15.5. The summed E-state index contributed by atoms with van der Waals surface area (Å²) in [6.07, 6.45) is 51.0. The van der Waals surface area contributed by atoms with E-state index in [4.69, 9.17) is 18.5 Å². The van der Waals surface area contributed by atoms with E-state index in [1.54, 1.807) is 0 Å². The number of carbonyl (C=O) groups excluding carboxylic acids is 2. The minimum absolute atomic E-state index is 0.0276. The van der Waals surface area contributed by atoms with E-state index >= 15 is 0 Å². The van der Waals surface area contributed by atoms with Gasteiger partial charge in [0.2, 0.25) is 0 Å². The number of hydrogen-bond donors (Lipinski definition) is 0. The van der Waals surface area contributed by atoms with Crippen molar-refractivity contribution in [3.05, 3.63) is 12.2 Å². The molecular formula is C53H104NO8P. The molecular weight excluding hydrogens is 810 g/mol. The molecule has 0 saturated carbocycles. The van der Waals surface area contributed by atoms with Gasteiger partial charge in [-0.25, -0.2) is 0 Å². The van der Waals surface area contributed by atoms with Crippen molar-refractivity contribution in [1.82, 2.24) is 0 Å². The largest absolute Gasteiger partial charge is 0.756 e. The molecule has 374 valence electrons. The summed E-state index contributed by atoms with van der Waals surface area (Å²) >= 11 is 0. The van der Waals surface area contributed by atoms with Crippen LogP contribution in [-0.4, -0.2) is 70.0 Å². The molecule has 0 aliphatic rings. The van der Waals surface area contributed by atoms with E-state index in [-0.39, 0.29) is 32.0 Å².